The molecule has 1 amide bonds. The fraction of sp³-hybridized carbons (Fsp3) is 0.429. The van der Waals surface area contributed by atoms with Crippen molar-refractivity contribution in [2.45, 2.75) is 32.1 Å². The lowest BCUT2D eigenvalue weighted by molar-refractivity contribution is -0.137. The molecule has 0 aliphatic carbocycles. The van der Waals surface area contributed by atoms with Gasteiger partial charge in [-0.2, -0.15) is 0 Å². The fourth-order valence-electron chi connectivity index (χ4n) is 1.69. The minimum atomic E-state index is -0.903. The number of thioether (sulfide) groups is 1. The number of carbonyl (C=O) groups is 2. The van der Waals surface area contributed by atoms with Gasteiger partial charge in [-0.1, -0.05) is 29.8 Å². The first kappa shape index (κ1) is 15.6. The largest absolute Gasteiger partial charge is 0.481 e. The Morgan fingerprint density at radius 1 is 1.42 bits per heavy atom. The maximum Gasteiger partial charge on any atom is 0.305 e. The second-order valence-electron chi connectivity index (χ2n) is 4.55. The maximum absolute atomic E-state index is 11.6. The Bertz CT molecular complexity index is 448. The van der Waals surface area contributed by atoms with E-state index >= 15 is 0 Å². The molecule has 1 aromatic carbocycles. The van der Waals surface area contributed by atoms with E-state index in [9.17, 15) is 9.59 Å². The summed E-state index contributed by atoms with van der Waals surface area (Å²) in [5.74, 6) is 0.104. The summed E-state index contributed by atoms with van der Waals surface area (Å²) in [6.45, 7) is 3.73. The van der Waals surface area contributed by atoms with Crippen molar-refractivity contribution in [3.8, 4) is 0 Å². The smallest absolute Gasteiger partial charge is 0.305 e. The third-order valence-corrected chi connectivity index (χ3v) is 3.48. The van der Waals surface area contributed by atoms with Crippen LogP contribution in [-0.4, -0.2) is 28.8 Å². The van der Waals surface area contributed by atoms with Gasteiger partial charge in [-0.25, -0.2) is 0 Å². The highest BCUT2D eigenvalue weighted by Crippen LogP contribution is 2.13. The van der Waals surface area contributed by atoms with E-state index in [4.69, 9.17) is 5.11 Å². The number of nitrogens with one attached hydrogen (secondary N) is 1. The predicted molar refractivity (Wildman–Crippen MR) is 77.2 cm³/mol. The predicted octanol–water partition coefficient (Wildman–Crippen LogP) is 2.21. The number of aliphatic carboxylic acids is 1. The third kappa shape index (κ3) is 6.86. The molecule has 0 heterocycles. The van der Waals surface area contributed by atoms with Crippen LogP contribution in [0.3, 0.4) is 0 Å². The van der Waals surface area contributed by atoms with Crippen molar-refractivity contribution in [3.63, 3.8) is 0 Å². The van der Waals surface area contributed by atoms with Gasteiger partial charge < -0.3 is 10.4 Å². The van der Waals surface area contributed by atoms with E-state index in [1.54, 1.807) is 6.92 Å². The Kier molecular flexibility index (Phi) is 6.42. The normalized spacial score (nSPS) is 11.9. The Labute approximate surface area is 117 Å². The van der Waals surface area contributed by atoms with Gasteiger partial charge in [0.05, 0.1) is 12.2 Å². The molecule has 19 heavy (non-hydrogen) atoms. The molecule has 0 saturated carbocycles. The van der Waals surface area contributed by atoms with E-state index in [-0.39, 0.29) is 18.4 Å². The zero-order valence-electron chi connectivity index (χ0n) is 11.2. The van der Waals surface area contributed by atoms with Gasteiger partial charge in [0.2, 0.25) is 5.91 Å². The van der Waals surface area contributed by atoms with E-state index in [1.807, 2.05) is 25.1 Å². The summed E-state index contributed by atoms with van der Waals surface area (Å²) < 4.78 is 0. The number of rotatable bonds is 7. The van der Waals surface area contributed by atoms with E-state index in [1.165, 1.54) is 22.9 Å². The zero-order valence-corrected chi connectivity index (χ0v) is 12.0. The first-order chi connectivity index (χ1) is 8.97. The quantitative estimate of drug-likeness (QED) is 0.804. The number of amides is 1. The molecule has 0 fully saturated rings. The van der Waals surface area contributed by atoms with Gasteiger partial charge >= 0.3 is 5.97 Å². The molecule has 0 spiro atoms. The second-order valence-corrected chi connectivity index (χ2v) is 5.53. The number of carboxylic acids is 1. The summed E-state index contributed by atoms with van der Waals surface area (Å²) in [5, 5.41) is 11.3. The van der Waals surface area contributed by atoms with Gasteiger partial charge in [-0.3, -0.25) is 9.59 Å². The summed E-state index contributed by atoms with van der Waals surface area (Å²) in [4.78, 5) is 22.0. The molecular weight excluding hydrogens is 262 g/mol. The fourth-order valence-corrected chi connectivity index (χ4v) is 2.48. The number of carbonyl (C=O) groups excluding carboxylic acids is 1. The van der Waals surface area contributed by atoms with E-state index in [0.29, 0.717) is 5.75 Å². The summed E-state index contributed by atoms with van der Waals surface area (Å²) in [6.07, 6.45) is -0.0473. The van der Waals surface area contributed by atoms with Crippen LogP contribution in [0.4, 0.5) is 0 Å². The van der Waals surface area contributed by atoms with E-state index in [0.717, 1.165) is 5.75 Å². The molecule has 2 N–H and O–H groups in total. The van der Waals surface area contributed by atoms with Gasteiger partial charge in [-0.05, 0) is 19.4 Å². The Morgan fingerprint density at radius 2 is 2.16 bits per heavy atom. The van der Waals surface area contributed by atoms with Crippen LogP contribution in [0.2, 0.25) is 0 Å². The number of aryl methyl sites for hydroxylation is 1. The van der Waals surface area contributed by atoms with Crippen LogP contribution in [0.25, 0.3) is 0 Å². The Morgan fingerprint density at radius 3 is 2.79 bits per heavy atom. The SMILES string of the molecule is Cc1cccc(CSCC(=O)NC(C)CC(=O)O)c1. The Hall–Kier alpha value is -1.49. The summed E-state index contributed by atoms with van der Waals surface area (Å²) in [7, 11) is 0. The molecule has 0 saturated heterocycles. The molecule has 0 aliphatic rings. The molecule has 0 radical (unpaired) electrons. The van der Waals surface area contributed by atoms with Crippen molar-refractivity contribution < 1.29 is 14.7 Å². The van der Waals surface area contributed by atoms with Gasteiger partial charge in [0.1, 0.15) is 0 Å². The molecule has 0 aromatic heterocycles. The van der Waals surface area contributed by atoms with Crippen molar-refractivity contribution in [1.29, 1.82) is 0 Å². The maximum atomic E-state index is 11.6. The van der Waals surface area contributed by atoms with Crippen molar-refractivity contribution in [2.24, 2.45) is 0 Å². The molecule has 1 aromatic rings. The van der Waals surface area contributed by atoms with Crippen LogP contribution >= 0.6 is 11.8 Å². The number of hydrogen-bond donors (Lipinski definition) is 2. The molecule has 4 nitrogen and oxygen atoms in total. The highest BCUT2D eigenvalue weighted by molar-refractivity contribution is 7.99. The molecule has 5 heteroatoms. The van der Waals surface area contributed by atoms with Gasteiger partial charge in [0.15, 0.2) is 0 Å². The molecule has 0 aliphatic heterocycles. The summed E-state index contributed by atoms with van der Waals surface area (Å²) >= 11 is 1.52. The molecule has 104 valence electrons. The molecular formula is C14H19NO3S. The molecule has 1 rings (SSSR count). The average molecular weight is 281 g/mol. The number of benzene rings is 1. The highest BCUT2D eigenvalue weighted by atomic mass is 32.2. The standard InChI is InChI=1S/C14H19NO3S/c1-10-4-3-5-12(6-10)8-19-9-13(16)15-11(2)7-14(17)18/h3-6,11H,7-9H2,1-2H3,(H,15,16)(H,17,18). The van der Waals surface area contributed by atoms with Gasteiger partial charge in [0.25, 0.3) is 0 Å². The van der Waals surface area contributed by atoms with Crippen LogP contribution in [-0.2, 0) is 15.3 Å². The Balaban J connectivity index is 2.25. The number of hydrogen-bond acceptors (Lipinski definition) is 3. The monoisotopic (exact) mass is 281 g/mol. The molecule has 1 atom stereocenters. The third-order valence-electron chi connectivity index (χ3n) is 2.47. The molecule has 1 unspecified atom stereocenters. The van der Waals surface area contributed by atoms with Crippen molar-refractivity contribution in [1.82, 2.24) is 5.32 Å². The lowest BCUT2D eigenvalue weighted by Gasteiger charge is -2.11. The van der Waals surface area contributed by atoms with Crippen LogP contribution in [0, 0.1) is 6.92 Å². The first-order valence-electron chi connectivity index (χ1n) is 6.12. The van der Waals surface area contributed by atoms with Crippen LogP contribution in [0.5, 0.6) is 0 Å². The topological polar surface area (TPSA) is 66.4 Å². The second kappa shape index (κ2) is 7.84. The van der Waals surface area contributed by atoms with Crippen molar-refractivity contribution in [3.05, 3.63) is 35.4 Å². The van der Waals surface area contributed by atoms with E-state index < -0.39 is 5.97 Å². The van der Waals surface area contributed by atoms with Crippen molar-refractivity contribution in [2.75, 3.05) is 5.75 Å². The zero-order chi connectivity index (χ0) is 14.3. The number of carboxylic acid groups (broad SMARTS) is 1. The van der Waals surface area contributed by atoms with Gasteiger partial charge in [0, 0.05) is 11.8 Å². The molecule has 0 bridgehead atoms. The average Bonchev–Trinajstić information content (AvgIpc) is 2.27. The van der Waals surface area contributed by atoms with Crippen LogP contribution < -0.4 is 5.32 Å². The van der Waals surface area contributed by atoms with Crippen molar-refractivity contribution >= 4 is 23.6 Å². The summed E-state index contributed by atoms with van der Waals surface area (Å²) in [6, 6.07) is 7.84. The van der Waals surface area contributed by atoms with E-state index in [2.05, 4.69) is 11.4 Å². The van der Waals surface area contributed by atoms with Gasteiger partial charge in [-0.15, -0.1) is 11.8 Å². The van der Waals surface area contributed by atoms with Crippen LogP contribution in [0.1, 0.15) is 24.5 Å². The van der Waals surface area contributed by atoms with Crippen LogP contribution in [0.15, 0.2) is 24.3 Å². The summed E-state index contributed by atoms with van der Waals surface area (Å²) in [5.41, 5.74) is 2.40. The minimum absolute atomic E-state index is 0.0473. The lowest BCUT2D eigenvalue weighted by Crippen LogP contribution is -2.35. The lowest BCUT2D eigenvalue weighted by atomic mass is 10.2. The minimum Gasteiger partial charge on any atom is -0.481 e. The highest BCUT2D eigenvalue weighted by Gasteiger charge is 2.10. The first-order valence-corrected chi connectivity index (χ1v) is 7.27.